The molecule has 132 valence electrons. The summed E-state index contributed by atoms with van der Waals surface area (Å²) in [4.78, 5) is 26.2. The number of nitrogens with zero attached hydrogens (tertiary/aromatic N) is 2. The molecule has 7 nitrogen and oxygen atoms in total. The van der Waals surface area contributed by atoms with Crippen molar-refractivity contribution in [3.05, 3.63) is 29.6 Å². The fraction of sp³-hybridized carbons (Fsp3) is 0.500. The summed E-state index contributed by atoms with van der Waals surface area (Å²) in [6.45, 7) is 3.27. The van der Waals surface area contributed by atoms with Crippen LogP contribution in [-0.2, 0) is 16.1 Å². The molecule has 1 aliphatic rings. The Morgan fingerprint density at radius 3 is 2.54 bits per heavy atom. The minimum Gasteiger partial charge on any atom is -0.496 e. The SMILES string of the molecule is COc1ccc(F)cc1CN1CCN(CC(=O)NCC(=O)O)CC1. The van der Waals surface area contributed by atoms with E-state index in [2.05, 4.69) is 10.2 Å². The summed E-state index contributed by atoms with van der Waals surface area (Å²) in [6, 6.07) is 4.47. The van der Waals surface area contributed by atoms with Crippen LogP contribution in [0.1, 0.15) is 5.56 Å². The number of piperazine rings is 1. The predicted molar refractivity (Wildman–Crippen MR) is 85.3 cm³/mol. The first-order valence-corrected chi connectivity index (χ1v) is 7.73. The van der Waals surface area contributed by atoms with Gasteiger partial charge in [0.15, 0.2) is 0 Å². The van der Waals surface area contributed by atoms with Crippen LogP contribution in [-0.4, -0.2) is 73.2 Å². The summed E-state index contributed by atoms with van der Waals surface area (Å²) in [5, 5.41) is 10.9. The van der Waals surface area contributed by atoms with Crippen molar-refractivity contribution in [3.8, 4) is 5.75 Å². The molecular formula is C16H22FN3O4. The molecule has 1 heterocycles. The maximum atomic E-state index is 13.4. The van der Waals surface area contributed by atoms with Crippen LogP contribution >= 0.6 is 0 Å². The molecule has 1 aromatic rings. The highest BCUT2D eigenvalue weighted by Gasteiger charge is 2.20. The molecule has 0 saturated carbocycles. The van der Waals surface area contributed by atoms with Crippen LogP contribution in [0.25, 0.3) is 0 Å². The molecule has 1 fully saturated rings. The highest BCUT2D eigenvalue weighted by atomic mass is 19.1. The number of halogens is 1. The van der Waals surface area contributed by atoms with Crippen molar-refractivity contribution in [2.24, 2.45) is 0 Å². The largest absolute Gasteiger partial charge is 0.496 e. The van der Waals surface area contributed by atoms with E-state index in [4.69, 9.17) is 9.84 Å². The third kappa shape index (κ3) is 5.47. The van der Waals surface area contributed by atoms with Crippen molar-refractivity contribution in [3.63, 3.8) is 0 Å². The summed E-state index contributed by atoms with van der Waals surface area (Å²) in [5.41, 5.74) is 0.796. The number of carboxylic acid groups (broad SMARTS) is 1. The number of ether oxygens (including phenoxy) is 1. The molecule has 1 amide bonds. The zero-order valence-corrected chi connectivity index (χ0v) is 13.6. The zero-order chi connectivity index (χ0) is 17.5. The molecule has 0 spiro atoms. The van der Waals surface area contributed by atoms with Gasteiger partial charge in [-0.3, -0.25) is 19.4 Å². The van der Waals surface area contributed by atoms with Gasteiger partial charge in [-0.25, -0.2) is 4.39 Å². The van der Waals surface area contributed by atoms with Crippen molar-refractivity contribution in [1.29, 1.82) is 0 Å². The number of rotatable bonds is 7. The second kappa shape index (κ2) is 8.60. The maximum absolute atomic E-state index is 13.4. The molecule has 0 radical (unpaired) electrons. The number of hydrogen-bond donors (Lipinski definition) is 2. The number of amides is 1. The Morgan fingerprint density at radius 1 is 1.25 bits per heavy atom. The average molecular weight is 339 g/mol. The Hall–Kier alpha value is -2.19. The summed E-state index contributed by atoms with van der Waals surface area (Å²) in [6.07, 6.45) is 0. The van der Waals surface area contributed by atoms with E-state index >= 15 is 0 Å². The summed E-state index contributed by atoms with van der Waals surface area (Å²) < 4.78 is 18.7. The lowest BCUT2D eigenvalue weighted by atomic mass is 10.1. The average Bonchev–Trinajstić information content (AvgIpc) is 2.55. The first-order chi connectivity index (χ1) is 11.5. The molecule has 0 unspecified atom stereocenters. The highest BCUT2D eigenvalue weighted by molar-refractivity contribution is 5.82. The number of carbonyl (C=O) groups is 2. The van der Waals surface area contributed by atoms with Gasteiger partial charge in [0.1, 0.15) is 18.1 Å². The van der Waals surface area contributed by atoms with Crippen molar-refractivity contribution in [1.82, 2.24) is 15.1 Å². The van der Waals surface area contributed by atoms with Crippen molar-refractivity contribution < 1.29 is 23.8 Å². The van der Waals surface area contributed by atoms with Gasteiger partial charge in [-0.2, -0.15) is 0 Å². The maximum Gasteiger partial charge on any atom is 0.322 e. The first-order valence-electron chi connectivity index (χ1n) is 7.73. The zero-order valence-electron chi connectivity index (χ0n) is 13.6. The van der Waals surface area contributed by atoms with Gasteiger partial charge < -0.3 is 15.2 Å². The number of carboxylic acids is 1. The highest BCUT2D eigenvalue weighted by Crippen LogP contribution is 2.21. The lowest BCUT2D eigenvalue weighted by Crippen LogP contribution is -2.49. The second-order valence-corrected chi connectivity index (χ2v) is 5.68. The minimum atomic E-state index is -1.06. The summed E-state index contributed by atoms with van der Waals surface area (Å²) in [5.74, 6) is -0.985. The van der Waals surface area contributed by atoms with Crippen LogP contribution in [0, 0.1) is 5.82 Å². The molecule has 8 heteroatoms. The summed E-state index contributed by atoms with van der Waals surface area (Å²) in [7, 11) is 1.56. The normalized spacial score (nSPS) is 15.9. The van der Waals surface area contributed by atoms with Gasteiger partial charge >= 0.3 is 5.97 Å². The van der Waals surface area contributed by atoms with Gasteiger partial charge in [0, 0.05) is 38.3 Å². The number of nitrogens with one attached hydrogen (secondary N) is 1. The van der Waals surface area contributed by atoms with Gasteiger partial charge in [0.25, 0.3) is 0 Å². The van der Waals surface area contributed by atoms with Crippen molar-refractivity contribution in [2.75, 3.05) is 46.4 Å². The third-order valence-electron chi connectivity index (χ3n) is 3.91. The number of methoxy groups -OCH3 is 1. The van der Waals surface area contributed by atoms with Gasteiger partial charge in [-0.1, -0.05) is 0 Å². The standard InChI is InChI=1S/C16H22FN3O4/c1-24-14-3-2-13(17)8-12(14)10-19-4-6-20(7-5-19)11-15(21)18-9-16(22)23/h2-3,8H,4-7,9-11H2,1H3,(H,18,21)(H,22,23). The lowest BCUT2D eigenvalue weighted by Gasteiger charge is -2.34. The van der Waals surface area contributed by atoms with Crippen LogP contribution in [0.15, 0.2) is 18.2 Å². The number of benzene rings is 1. The van der Waals surface area contributed by atoms with E-state index in [0.29, 0.717) is 25.4 Å². The molecule has 2 rings (SSSR count). The third-order valence-corrected chi connectivity index (χ3v) is 3.91. The van der Waals surface area contributed by atoms with E-state index in [-0.39, 0.29) is 24.8 Å². The van der Waals surface area contributed by atoms with Gasteiger partial charge in [-0.15, -0.1) is 0 Å². The Bertz CT molecular complexity index is 589. The molecule has 0 aliphatic carbocycles. The van der Waals surface area contributed by atoms with Crippen LogP contribution < -0.4 is 10.1 Å². The lowest BCUT2D eigenvalue weighted by molar-refractivity contribution is -0.138. The minimum absolute atomic E-state index is 0.185. The molecule has 0 atom stereocenters. The van der Waals surface area contributed by atoms with Crippen LogP contribution in [0.4, 0.5) is 4.39 Å². The summed E-state index contributed by atoms with van der Waals surface area (Å²) >= 11 is 0. The van der Waals surface area contributed by atoms with Gasteiger partial charge in [0.05, 0.1) is 13.7 Å². The Balaban J connectivity index is 1.80. The quantitative estimate of drug-likeness (QED) is 0.736. The van der Waals surface area contributed by atoms with E-state index in [1.165, 1.54) is 12.1 Å². The van der Waals surface area contributed by atoms with E-state index < -0.39 is 5.97 Å². The fourth-order valence-electron chi connectivity index (χ4n) is 2.65. The fourth-order valence-corrected chi connectivity index (χ4v) is 2.65. The van der Waals surface area contributed by atoms with E-state index in [9.17, 15) is 14.0 Å². The van der Waals surface area contributed by atoms with E-state index in [0.717, 1.165) is 18.7 Å². The monoisotopic (exact) mass is 339 g/mol. The molecule has 0 bridgehead atoms. The van der Waals surface area contributed by atoms with Crippen LogP contribution in [0.5, 0.6) is 5.75 Å². The number of carbonyl (C=O) groups excluding carboxylic acids is 1. The van der Waals surface area contributed by atoms with Crippen molar-refractivity contribution >= 4 is 11.9 Å². The number of hydrogen-bond acceptors (Lipinski definition) is 5. The van der Waals surface area contributed by atoms with Crippen LogP contribution in [0.2, 0.25) is 0 Å². The molecule has 1 aromatic carbocycles. The molecule has 1 saturated heterocycles. The first kappa shape index (κ1) is 18.2. The topological polar surface area (TPSA) is 82.1 Å². The Kier molecular flexibility index (Phi) is 6.51. The van der Waals surface area contributed by atoms with Crippen molar-refractivity contribution in [2.45, 2.75) is 6.54 Å². The van der Waals surface area contributed by atoms with Gasteiger partial charge in [-0.05, 0) is 18.2 Å². The molecule has 0 aromatic heterocycles. The van der Waals surface area contributed by atoms with E-state index in [1.807, 2.05) is 4.90 Å². The van der Waals surface area contributed by atoms with Crippen LogP contribution in [0.3, 0.4) is 0 Å². The Labute approximate surface area is 140 Å². The van der Waals surface area contributed by atoms with Gasteiger partial charge in [0.2, 0.25) is 5.91 Å². The molecule has 1 aliphatic heterocycles. The molecular weight excluding hydrogens is 317 g/mol. The smallest absolute Gasteiger partial charge is 0.322 e. The molecule has 2 N–H and O–H groups in total. The number of aliphatic carboxylic acids is 1. The predicted octanol–water partition coefficient (Wildman–Crippen LogP) is 0.153. The Morgan fingerprint density at radius 2 is 1.92 bits per heavy atom. The second-order valence-electron chi connectivity index (χ2n) is 5.68. The van der Waals surface area contributed by atoms with E-state index in [1.54, 1.807) is 13.2 Å². The molecule has 24 heavy (non-hydrogen) atoms.